The Bertz CT molecular complexity index is 2160. The summed E-state index contributed by atoms with van der Waals surface area (Å²) in [6.45, 7) is -0.170. The number of anilines is 1. The third-order valence-electron chi connectivity index (χ3n) is 10.6. The summed E-state index contributed by atoms with van der Waals surface area (Å²) in [6.07, 6.45) is 0.230. The van der Waals surface area contributed by atoms with Gasteiger partial charge in [0, 0.05) is 30.5 Å². The monoisotopic (exact) mass is 792 g/mol. The van der Waals surface area contributed by atoms with Gasteiger partial charge in [0.15, 0.2) is 33.0 Å². The maximum absolute atomic E-state index is 15.3. The number of hydrogen-bond donors (Lipinski definition) is 2. The molecule has 6 atom stereocenters. The number of carboxylic acid groups (broad SMARTS) is 1. The summed E-state index contributed by atoms with van der Waals surface area (Å²) in [5, 5.41) is 20.6. The van der Waals surface area contributed by atoms with Crippen LogP contribution in [0, 0.1) is 46.8 Å². The molecule has 0 aromatic heterocycles. The van der Waals surface area contributed by atoms with Crippen LogP contribution in [0.4, 0.5) is 27.6 Å². The largest absolute Gasteiger partial charge is 0.508 e. The Labute approximate surface area is 312 Å². The van der Waals surface area contributed by atoms with Crippen molar-refractivity contribution in [3.63, 3.8) is 0 Å². The molecule has 2 aliphatic carbocycles. The van der Waals surface area contributed by atoms with E-state index < -0.39 is 110 Å². The van der Waals surface area contributed by atoms with Gasteiger partial charge in [0.1, 0.15) is 23.8 Å². The van der Waals surface area contributed by atoms with Crippen LogP contribution in [0.1, 0.15) is 42.7 Å². The second-order valence-corrected chi connectivity index (χ2v) is 14.8. The van der Waals surface area contributed by atoms with E-state index in [9.17, 15) is 42.3 Å². The molecule has 54 heavy (non-hydrogen) atoms. The number of aliphatic carboxylic acids is 1. The zero-order chi connectivity index (χ0) is 39.0. The summed E-state index contributed by atoms with van der Waals surface area (Å²) in [5.41, 5.74) is -1.17. The molecule has 3 aromatic carbocycles. The first-order chi connectivity index (χ1) is 25.5. The third kappa shape index (κ3) is 5.37. The van der Waals surface area contributed by atoms with Crippen LogP contribution in [0.5, 0.6) is 11.5 Å². The quantitative estimate of drug-likeness (QED) is 0.0663. The van der Waals surface area contributed by atoms with Gasteiger partial charge in [-0.3, -0.25) is 28.9 Å². The summed E-state index contributed by atoms with van der Waals surface area (Å²) in [5.74, 6) is -24.0. The predicted molar refractivity (Wildman–Crippen MR) is 179 cm³/mol. The lowest BCUT2D eigenvalue weighted by Crippen LogP contribution is -2.60. The zero-order valence-corrected chi connectivity index (χ0v) is 29.1. The number of rotatable bonds is 9. The second-order valence-electron chi connectivity index (χ2n) is 13.5. The van der Waals surface area contributed by atoms with Crippen molar-refractivity contribution >= 4 is 58.5 Å². The molecule has 3 fully saturated rings. The van der Waals surface area contributed by atoms with Gasteiger partial charge in [-0.2, -0.15) is 0 Å². The van der Waals surface area contributed by atoms with Crippen LogP contribution in [0.25, 0.3) is 0 Å². The van der Waals surface area contributed by atoms with E-state index in [1.165, 1.54) is 24.3 Å². The smallest absolute Gasteiger partial charge is 0.303 e. The van der Waals surface area contributed by atoms with Crippen molar-refractivity contribution in [2.24, 2.45) is 17.8 Å². The van der Waals surface area contributed by atoms with E-state index in [4.69, 9.17) is 33.0 Å². The molecule has 4 aliphatic rings. The number of hydrogen-bond acceptors (Lipinski definition) is 7. The maximum Gasteiger partial charge on any atom is 0.303 e. The Morgan fingerprint density at radius 3 is 2.15 bits per heavy atom. The third-order valence-corrected chi connectivity index (χ3v) is 12.1. The van der Waals surface area contributed by atoms with Crippen LogP contribution in [0.15, 0.2) is 60.2 Å². The molecule has 0 radical (unpaired) electrons. The summed E-state index contributed by atoms with van der Waals surface area (Å²) >= 11 is 14.2. The number of likely N-dealkylation sites (tertiary alicyclic amines) is 1. The molecule has 282 valence electrons. The standard InChI is InChI=1S/C37H27Cl2F5N2O8/c38-36-14-21-18(10-11-20-24(21)33(51)45(32(20)50)12-4-7-23(48)49)25(19-9-8-17(13-22(19)47)54-15-16-5-2-1-3-6-16)37(36,39)35(53)46(34(36)52)31-29(43)27(41)26(40)28(42)30(31)44/h1-3,5-6,8-10,13,20-21,24-25,47H,4,7,11-12,14-15H2,(H,48,49)/t20-,21+,24-,25+,36+,37-/m0/s1. The van der Waals surface area contributed by atoms with E-state index in [1.807, 2.05) is 0 Å². The molecule has 3 aromatic rings. The zero-order valence-electron chi connectivity index (χ0n) is 27.6. The topological polar surface area (TPSA) is 142 Å². The molecular weight excluding hydrogens is 766 g/mol. The van der Waals surface area contributed by atoms with E-state index in [1.54, 1.807) is 30.3 Å². The van der Waals surface area contributed by atoms with Gasteiger partial charge in [-0.1, -0.05) is 48.0 Å². The van der Waals surface area contributed by atoms with Crippen molar-refractivity contribution in [1.82, 2.24) is 4.90 Å². The highest BCUT2D eigenvalue weighted by molar-refractivity contribution is 6.58. The molecule has 1 saturated carbocycles. The Morgan fingerprint density at radius 1 is 0.870 bits per heavy atom. The summed E-state index contributed by atoms with van der Waals surface area (Å²) in [7, 11) is 0. The number of phenolic OH excluding ortho intramolecular Hbond substituents is 1. The van der Waals surface area contributed by atoms with E-state index in [0.717, 1.165) is 10.5 Å². The fraction of sp³-hybridized carbons (Fsp3) is 0.324. The average Bonchev–Trinajstić information content (AvgIpc) is 3.47. The molecular formula is C37H27Cl2F5N2O8. The van der Waals surface area contributed by atoms with E-state index in [2.05, 4.69) is 0 Å². The fourth-order valence-electron chi connectivity index (χ4n) is 8.18. The maximum atomic E-state index is 15.3. The highest BCUT2D eigenvalue weighted by atomic mass is 35.5. The highest BCUT2D eigenvalue weighted by Gasteiger charge is 2.77. The molecule has 2 heterocycles. The van der Waals surface area contributed by atoms with Crippen LogP contribution in [-0.2, 0) is 30.6 Å². The molecule has 0 spiro atoms. The number of carbonyl (C=O) groups is 5. The molecule has 4 amide bonds. The van der Waals surface area contributed by atoms with Crippen molar-refractivity contribution in [2.45, 2.75) is 48.0 Å². The number of halogens is 7. The lowest BCUT2D eigenvalue weighted by Gasteiger charge is -2.50. The Balaban J connectivity index is 1.36. The van der Waals surface area contributed by atoms with Crippen molar-refractivity contribution in [1.29, 1.82) is 0 Å². The predicted octanol–water partition coefficient (Wildman–Crippen LogP) is 6.09. The first-order valence-corrected chi connectivity index (χ1v) is 17.3. The van der Waals surface area contributed by atoms with Crippen molar-refractivity contribution in [3.05, 3.63) is 100 Å². The van der Waals surface area contributed by atoms with Crippen LogP contribution >= 0.6 is 23.2 Å². The number of aromatic hydroxyl groups is 1. The molecule has 0 bridgehead atoms. The van der Waals surface area contributed by atoms with Gasteiger partial charge in [-0.05, 0) is 36.8 Å². The Morgan fingerprint density at radius 2 is 1.52 bits per heavy atom. The van der Waals surface area contributed by atoms with Crippen molar-refractivity contribution < 1.29 is 60.9 Å². The van der Waals surface area contributed by atoms with Gasteiger partial charge in [0.2, 0.25) is 17.6 Å². The first-order valence-electron chi connectivity index (χ1n) is 16.6. The number of carbonyl (C=O) groups excluding carboxylic acids is 4. The van der Waals surface area contributed by atoms with E-state index in [-0.39, 0.29) is 54.2 Å². The van der Waals surface area contributed by atoms with E-state index in [0.29, 0.717) is 0 Å². The molecule has 2 N–H and O–H groups in total. The first kappa shape index (κ1) is 37.3. The van der Waals surface area contributed by atoms with E-state index >= 15 is 8.78 Å². The lowest BCUT2D eigenvalue weighted by atomic mass is 9.56. The van der Waals surface area contributed by atoms with Gasteiger partial charge in [-0.25, -0.2) is 26.9 Å². The second kappa shape index (κ2) is 13.4. The van der Waals surface area contributed by atoms with Gasteiger partial charge in [-0.15, -0.1) is 23.2 Å². The van der Waals surface area contributed by atoms with Crippen LogP contribution in [-0.4, -0.2) is 61.0 Å². The number of amides is 4. The van der Waals surface area contributed by atoms with Gasteiger partial charge in [0.05, 0.1) is 11.8 Å². The van der Waals surface area contributed by atoms with Gasteiger partial charge < -0.3 is 14.9 Å². The Hall–Kier alpha value is -5.02. The van der Waals surface area contributed by atoms with Crippen molar-refractivity contribution in [2.75, 3.05) is 11.4 Å². The molecule has 0 unspecified atom stereocenters. The number of fused-ring (bicyclic) bond motifs is 4. The summed E-state index contributed by atoms with van der Waals surface area (Å²) in [6, 6.07) is 12.8. The lowest BCUT2D eigenvalue weighted by molar-refractivity contribution is -0.142. The molecule has 7 rings (SSSR count). The van der Waals surface area contributed by atoms with Crippen molar-refractivity contribution in [3.8, 4) is 11.5 Å². The highest BCUT2D eigenvalue weighted by Crippen LogP contribution is 2.66. The van der Waals surface area contributed by atoms with Gasteiger partial charge >= 0.3 is 5.97 Å². The number of allylic oxidation sites excluding steroid dienone is 2. The number of carboxylic acids is 1. The van der Waals surface area contributed by atoms with Crippen LogP contribution < -0.4 is 9.64 Å². The molecule has 2 aliphatic heterocycles. The average molecular weight is 794 g/mol. The van der Waals surface area contributed by atoms with Gasteiger partial charge in [0.25, 0.3) is 11.8 Å². The minimum atomic E-state index is -2.82. The molecule has 17 heteroatoms. The normalized spacial score (nSPS) is 27.5. The molecule has 2 saturated heterocycles. The number of alkyl halides is 2. The minimum Gasteiger partial charge on any atom is -0.508 e. The molecule has 10 nitrogen and oxygen atoms in total. The summed E-state index contributed by atoms with van der Waals surface area (Å²) in [4.78, 5) is 62.3. The summed E-state index contributed by atoms with van der Waals surface area (Å²) < 4.78 is 79.4. The Kier molecular flexibility index (Phi) is 9.24. The number of nitrogens with zero attached hydrogens (tertiary/aromatic N) is 2. The minimum absolute atomic E-state index is 0.0690. The number of ether oxygens (including phenoxy) is 1. The van der Waals surface area contributed by atoms with Crippen LogP contribution in [0.3, 0.4) is 0 Å². The van der Waals surface area contributed by atoms with Crippen LogP contribution in [0.2, 0.25) is 0 Å². The number of benzene rings is 3. The number of imide groups is 2. The SMILES string of the molecule is O=C(O)CCCN1C(=O)[C@H]2[C@H](CC=C3[C@H]2C[C@@]2(Cl)C(=O)N(c4c(F)c(F)c(F)c(F)c4F)C(=O)[C@@]2(Cl)[C@H]3c2ccc(OCc3ccccc3)cc2O)C1=O. The number of phenols is 1. The fourth-order valence-corrected chi connectivity index (χ4v) is 9.11.